The van der Waals surface area contributed by atoms with E-state index in [4.69, 9.17) is 4.74 Å². The molecule has 130 valence electrons. The average Bonchev–Trinajstić information content (AvgIpc) is 3.06. The van der Waals surface area contributed by atoms with Crippen LogP contribution in [0.1, 0.15) is 51.4 Å². The first kappa shape index (κ1) is 15.8. The second-order valence-electron chi connectivity index (χ2n) is 7.50. The summed E-state index contributed by atoms with van der Waals surface area (Å²) in [6, 6.07) is 0.288. The van der Waals surface area contributed by atoms with Crippen LogP contribution < -0.4 is 5.32 Å². The van der Waals surface area contributed by atoms with E-state index in [9.17, 15) is 9.59 Å². The first-order valence-electron chi connectivity index (χ1n) is 8.82. The fourth-order valence-corrected chi connectivity index (χ4v) is 4.73. The van der Waals surface area contributed by atoms with Crippen molar-refractivity contribution in [3.8, 4) is 0 Å². The zero-order chi connectivity index (χ0) is 17.0. The number of aromatic amines is 1. The number of hydrogen-bond donors (Lipinski definition) is 2. The Morgan fingerprint density at radius 2 is 2.12 bits per heavy atom. The minimum atomic E-state index is -0.123. The Morgan fingerprint density at radius 1 is 1.33 bits per heavy atom. The Kier molecular flexibility index (Phi) is 3.77. The van der Waals surface area contributed by atoms with Gasteiger partial charge in [-0.1, -0.05) is 0 Å². The molecule has 1 saturated carbocycles. The second-order valence-corrected chi connectivity index (χ2v) is 7.50. The van der Waals surface area contributed by atoms with Crippen LogP contribution in [0.25, 0.3) is 0 Å². The van der Waals surface area contributed by atoms with E-state index in [1.165, 1.54) is 0 Å². The summed E-state index contributed by atoms with van der Waals surface area (Å²) in [4.78, 5) is 30.7. The van der Waals surface area contributed by atoms with Gasteiger partial charge in [0.25, 0.3) is 5.91 Å². The van der Waals surface area contributed by atoms with Gasteiger partial charge in [0.05, 0.1) is 29.3 Å². The SMILES string of the molecule is Cc1[nH]c2c(c1C(=O)N[C@H]1[C@H]3CCO[C@H]3[C@@H]1N(C)C)C(=O)CCC2. The molecule has 0 radical (unpaired) electrons. The third kappa shape index (κ3) is 2.24. The Labute approximate surface area is 141 Å². The van der Waals surface area contributed by atoms with E-state index in [0.717, 1.165) is 37.3 Å². The topological polar surface area (TPSA) is 74.4 Å². The molecule has 3 aliphatic rings. The third-order valence-corrected chi connectivity index (χ3v) is 5.85. The highest BCUT2D eigenvalue weighted by atomic mass is 16.5. The van der Waals surface area contributed by atoms with Gasteiger partial charge < -0.3 is 19.9 Å². The number of fused-ring (bicyclic) bond motifs is 2. The molecular formula is C18H25N3O3. The van der Waals surface area contributed by atoms with E-state index >= 15 is 0 Å². The van der Waals surface area contributed by atoms with Crippen LogP contribution in [0.5, 0.6) is 0 Å². The Balaban J connectivity index is 1.59. The molecule has 1 saturated heterocycles. The van der Waals surface area contributed by atoms with Crippen LogP contribution in [-0.4, -0.2) is 60.5 Å². The highest BCUT2D eigenvalue weighted by Gasteiger charge is 2.55. The number of nitrogens with one attached hydrogen (secondary N) is 2. The van der Waals surface area contributed by atoms with E-state index in [0.29, 0.717) is 23.5 Å². The fourth-order valence-electron chi connectivity index (χ4n) is 4.73. The summed E-state index contributed by atoms with van der Waals surface area (Å²) in [7, 11) is 4.04. The maximum atomic E-state index is 13.0. The molecule has 2 fully saturated rings. The first-order chi connectivity index (χ1) is 11.5. The minimum absolute atomic E-state index is 0.0867. The van der Waals surface area contributed by atoms with E-state index in [1.54, 1.807) is 0 Å². The van der Waals surface area contributed by atoms with E-state index in [1.807, 2.05) is 21.0 Å². The van der Waals surface area contributed by atoms with Gasteiger partial charge >= 0.3 is 0 Å². The van der Waals surface area contributed by atoms with Gasteiger partial charge in [0.2, 0.25) is 0 Å². The van der Waals surface area contributed by atoms with Crippen molar-refractivity contribution in [1.29, 1.82) is 0 Å². The van der Waals surface area contributed by atoms with Gasteiger partial charge in [-0.2, -0.15) is 0 Å². The number of aryl methyl sites for hydroxylation is 2. The molecule has 0 unspecified atom stereocenters. The van der Waals surface area contributed by atoms with Crippen molar-refractivity contribution in [2.24, 2.45) is 5.92 Å². The van der Waals surface area contributed by atoms with Crippen molar-refractivity contribution in [1.82, 2.24) is 15.2 Å². The lowest BCUT2D eigenvalue weighted by atomic mass is 9.71. The lowest BCUT2D eigenvalue weighted by Crippen LogP contribution is -2.69. The van der Waals surface area contributed by atoms with E-state index < -0.39 is 0 Å². The normalized spacial score (nSPS) is 31.6. The zero-order valence-corrected chi connectivity index (χ0v) is 14.5. The lowest BCUT2D eigenvalue weighted by molar-refractivity contribution is -0.0664. The van der Waals surface area contributed by atoms with Crippen LogP contribution in [0.2, 0.25) is 0 Å². The molecule has 1 aromatic heterocycles. The highest BCUT2D eigenvalue weighted by molar-refractivity contribution is 6.10. The number of amides is 1. The number of aromatic nitrogens is 1. The van der Waals surface area contributed by atoms with Crippen molar-refractivity contribution in [2.75, 3.05) is 20.7 Å². The lowest BCUT2D eigenvalue weighted by Gasteiger charge is -2.50. The molecule has 1 aliphatic heterocycles. The molecule has 6 heteroatoms. The van der Waals surface area contributed by atoms with E-state index in [2.05, 4.69) is 15.2 Å². The Bertz CT molecular complexity index is 694. The number of carbonyl (C=O) groups is 2. The summed E-state index contributed by atoms with van der Waals surface area (Å²) in [5, 5.41) is 3.20. The molecule has 0 aromatic carbocycles. The maximum absolute atomic E-state index is 13.0. The number of nitrogens with zero attached hydrogens (tertiary/aromatic N) is 1. The number of Topliss-reactive ketones (excluding diaryl/α,β-unsaturated/α-hetero) is 1. The predicted molar refractivity (Wildman–Crippen MR) is 89.4 cm³/mol. The van der Waals surface area contributed by atoms with Crippen LogP contribution in [0.4, 0.5) is 0 Å². The van der Waals surface area contributed by atoms with Crippen molar-refractivity contribution < 1.29 is 14.3 Å². The number of rotatable bonds is 3. The fraction of sp³-hybridized carbons (Fsp3) is 0.667. The average molecular weight is 331 g/mol. The number of hydrogen-bond acceptors (Lipinski definition) is 4. The molecule has 6 nitrogen and oxygen atoms in total. The first-order valence-corrected chi connectivity index (χ1v) is 8.82. The molecular weight excluding hydrogens is 306 g/mol. The minimum Gasteiger partial charge on any atom is -0.376 e. The van der Waals surface area contributed by atoms with Gasteiger partial charge in [-0.05, 0) is 40.3 Å². The summed E-state index contributed by atoms with van der Waals surface area (Å²) < 4.78 is 5.81. The molecule has 1 aromatic rings. The van der Waals surface area contributed by atoms with Crippen molar-refractivity contribution in [3.05, 3.63) is 22.5 Å². The molecule has 2 aliphatic carbocycles. The molecule has 4 rings (SSSR count). The molecule has 2 heterocycles. The number of ether oxygens (including phenoxy) is 1. The quantitative estimate of drug-likeness (QED) is 0.875. The monoisotopic (exact) mass is 331 g/mol. The molecule has 0 spiro atoms. The van der Waals surface area contributed by atoms with Crippen molar-refractivity contribution in [2.45, 2.75) is 50.8 Å². The Morgan fingerprint density at radius 3 is 2.88 bits per heavy atom. The van der Waals surface area contributed by atoms with Gasteiger partial charge in [0, 0.05) is 30.3 Å². The third-order valence-electron chi connectivity index (χ3n) is 5.85. The number of carbonyl (C=O) groups excluding carboxylic acids is 2. The summed E-state index contributed by atoms with van der Waals surface area (Å²) in [5.41, 5.74) is 2.90. The maximum Gasteiger partial charge on any atom is 0.254 e. The van der Waals surface area contributed by atoms with Crippen LogP contribution in [0.15, 0.2) is 0 Å². The van der Waals surface area contributed by atoms with E-state index in [-0.39, 0.29) is 29.9 Å². The Hall–Kier alpha value is -1.66. The summed E-state index contributed by atoms with van der Waals surface area (Å²) >= 11 is 0. The molecule has 2 N–H and O–H groups in total. The van der Waals surface area contributed by atoms with Crippen LogP contribution in [0.3, 0.4) is 0 Å². The van der Waals surface area contributed by atoms with Crippen molar-refractivity contribution >= 4 is 11.7 Å². The summed E-state index contributed by atoms with van der Waals surface area (Å²) in [6.45, 7) is 2.65. The standard InChI is InChI=1S/C18H25N3O3/c1-9-13(14-11(19-9)5-4-6-12(14)22)18(23)20-15-10-7-8-24-17(10)16(15)21(2)3/h10,15-17,19H,4-8H2,1-3H3,(H,20,23)/t10-,15+,16-,17-/m1/s1. The second kappa shape index (κ2) is 5.70. The number of likely N-dealkylation sites (N-methyl/N-ethyl adjacent to an activating group) is 1. The molecule has 4 atom stereocenters. The molecule has 24 heavy (non-hydrogen) atoms. The predicted octanol–water partition coefficient (Wildman–Crippen LogP) is 1.29. The smallest absolute Gasteiger partial charge is 0.254 e. The van der Waals surface area contributed by atoms with Gasteiger partial charge in [-0.15, -0.1) is 0 Å². The summed E-state index contributed by atoms with van der Waals surface area (Å²) in [6.07, 6.45) is 3.44. The number of H-pyrrole nitrogens is 1. The van der Waals surface area contributed by atoms with Crippen molar-refractivity contribution in [3.63, 3.8) is 0 Å². The van der Waals surface area contributed by atoms with Gasteiger partial charge in [0.15, 0.2) is 5.78 Å². The van der Waals surface area contributed by atoms with Crippen LogP contribution in [0, 0.1) is 12.8 Å². The van der Waals surface area contributed by atoms with Gasteiger partial charge in [-0.25, -0.2) is 0 Å². The zero-order valence-electron chi connectivity index (χ0n) is 14.5. The largest absolute Gasteiger partial charge is 0.376 e. The highest BCUT2D eigenvalue weighted by Crippen LogP contribution is 2.41. The molecule has 0 bridgehead atoms. The van der Waals surface area contributed by atoms with Gasteiger partial charge in [-0.3, -0.25) is 9.59 Å². The van der Waals surface area contributed by atoms with Crippen LogP contribution in [-0.2, 0) is 11.2 Å². The van der Waals surface area contributed by atoms with Gasteiger partial charge in [0.1, 0.15) is 0 Å². The number of ketones is 1. The summed E-state index contributed by atoms with van der Waals surface area (Å²) in [5.74, 6) is 0.347. The molecule has 1 amide bonds. The van der Waals surface area contributed by atoms with Crippen LogP contribution >= 0.6 is 0 Å².